The largest absolute Gasteiger partial charge is 0.507 e. The van der Waals surface area contributed by atoms with E-state index in [-0.39, 0.29) is 17.6 Å². The van der Waals surface area contributed by atoms with Gasteiger partial charge in [0.2, 0.25) is 0 Å². The zero-order valence-electron chi connectivity index (χ0n) is 16.4. The molecular weight excluding hydrogens is 328 g/mol. The number of unbranched alkanes of at least 4 members (excludes halogenated alkanes) is 2. The minimum Gasteiger partial charge on any atom is -0.507 e. The first-order valence-electron chi connectivity index (χ1n) is 9.87. The van der Waals surface area contributed by atoms with Gasteiger partial charge in [-0.25, -0.2) is 0 Å². The third-order valence-electron chi connectivity index (χ3n) is 6.07. The molecule has 0 bridgehead atoms. The number of allylic oxidation sites excluding steroid dienone is 2. The Labute approximate surface area is 156 Å². The minimum atomic E-state index is -1.61. The number of aryl methyl sites for hydroxylation is 1. The lowest BCUT2D eigenvalue weighted by Gasteiger charge is -2.47. The van der Waals surface area contributed by atoms with Gasteiger partial charge in [-0.05, 0) is 58.1 Å². The van der Waals surface area contributed by atoms with Crippen LogP contribution in [0.15, 0.2) is 17.7 Å². The fraction of sp³-hybridized carbons (Fsp3) is 0.636. The van der Waals surface area contributed by atoms with E-state index >= 15 is 0 Å². The molecule has 4 nitrogen and oxygen atoms in total. The SMILES string of the molecule is CCCCCc1cc(O)c2c(c1C(O)O)OC(C)(C)[C@@H]1CCC(C)=C[C@@H]21. The standard InChI is InChI=1S/C22H32O4/c1-5-6-7-8-14-12-17(23)19-15-11-13(2)9-10-16(15)22(3,4)26-20(19)18(14)21(24)25/h11-12,15-16,21,23-25H,5-10H2,1-4H3/t15-,16-/m1/s1. The van der Waals surface area contributed by atoms with Crippen molar-refractivity contribution in [3.05, 3.63) is 34.4 Å². The van der Waals surface area contributed by atoms with Crippen LogP contribution in [0.3, 0.4) is 0 Å². The fourth-order valence-electron chi connectivity index (χ4n) is 4.69. The summed E-state index contributed by atoms with van der Waals surface area (Å²) in [6.07, 6.45) is 6.46. The Bertz CT molecular complexity index is 703. The molecule has 0 saturated heterocycles. The van der Waals surface area contributed by atoms with Crippen molar-refractivity contribution in [2.75, 3.05) is 0 Å². The van der Waals surface area contributed by atoms with Gasteiger partial charge >= 0.3 is 0 Å². The average molecular weight is 360 g/mol. The molecule has 0 radical (unpaired) electrons. The maximum Gasteiger partial charge on any atom is 0.182 e. The maximum absolute atomic E-state index is 10.8. The highest BCUT2D eigenvalue weighted by molar-refractivity contribution is 5.59. The van der Waals surface area contributed by atoms with E-state index in [1.807, 2.05) is 0 Å². The van der Waals surface area contributed by atoms with Crippen molar-refractivity contribution in [1.29, 1.82) is 0 Å². The highest BCUT2D eigenvalue weighted by Gasteiger charge is 2.46. The van der Waals surface area contributed by atoms with Crippen LogP contribution in [0.1, 0.15) is 88.7 Å². The molecule has 3 N–H and O–H groups in total. The summed E-state index contributed by atoms with van der Waals surface area (Å²) < 4.78 is 6.33. The molecule has 0 amide bonds. The van der Waals surface area contributed by atoms with Crippen LogP contribution in [0.4, 0.5) is 0 Å². The molecule has 144 valence electrons. The van der Waals surface area contributed by atoms with Crippen molar-refractivity contribution < 1.29 is 20.1 Å². The van der Waals surface area contributed by atoms with E-state index in [0.29, 0.717) is 17.7 Å². The topological polar surface area (TPSA) is 69.9 Å². The van der Waals surface area contributed by atoms with E-state index < -0.39 is 11.9 Å². The molecule has 2 aliphatic rings. The van der Waals surface area contributed by atoms with Crippen molar-refractivity contribution in [2.24, 2.45) is 5.92 Å². The Hall–Kier alpha value is -1.52. The Morgan fingerprint density at radius 3 is 2.65 bits per heavy atom. The molecule has 0 fully saturated rings. The number of phenolic OH excluding ortho intramolecular Hbond substituents is 1. The van der Waals surface area contributed by atoms with Gasteiger partial charge in [-0.15, -0.1) is 0 Å². The number of benzene rings is 1. The van der Waals surface area contributed by atoms with Crippen molar-refractivity contribution in [1.82, 2.24) is 0 Å². The van der Waals surface area contributed by atoms with Crippen molar-refractivity contribution >= 4 is 0 Å². The van der Waals surface area contributed by atoms with E-state index in [0.717, 1.165) is 43.2 Å². The molecule has 26 heavy (non-hydrogen) atoms. The van der Waals surface area contributed by atoms with Gasteiger partial charge in [-0.2, -0.15) is 0 Å². The smallest absolute Gasteiger partial charge is 0.182 e. The number of aromatic hydroxyl groups is 1. The van der Waals surface area contributed by atoms with E-state index in [2.05, 4.69) is 33.8 Å². The minimum absolute atomic E-state index is 0.0460. The number of hydrogen-bond donors (Lipinski definition) is 3. The molecule has 4 heteroatoms. The van der Waals surface area contributed by atoms with Gasteiger partial charge in [-0.1, -0.05) is 31.4 Å². The van der Waals surface area contributed by atoms with Gasteiger partial charge in [0.15, 0.2) is 6.29 Å². The lowest BCUT2D eigenvalue weighted by Crippen LogP contribution is -2.45. The highest BCUT2D eigenvalue weighted by atomic mass is 16.5. The van der Waals surface area contributed by atoms with Crippen molar-refractivity contribution in [2.45, 2.75) is 84.0 Å². The first kappa shape index (κ1) is 19.2. The normalized spacial score (nSPS) is 23.9. The quantitative estimate of drug-likeness (QED) is 0.404. The fourth-order valence-corrected chi connectivity index (χ4v) is 4.69. The first-order valence-corrected chi connectivity index (χ1v) is 9.87. The third-order valence-corrected chi connectivity index (χ3v) is 6.07. The Morgan fingerprint density at radius 1 is 1.27 bits per heavy atom. The third kappa shape index (κ3) is 3.37. The number of aliphatic hydroxyl groups excluding tert-OH is 1. The zero-order valence-corrected chi connectivity index (χ0v) is 16.4. The second kappa shape index (κ2) is 7.24. The van der Waals surface area contributed by atoms with Crippen LogP contribution in [0, 0.1) is 5.92 Å². The number of aliphatic hydroxyl groups is 2. The number of fused-ring (bicyclic) bond motifs is 3. The molecule has 0 unspecified atom stereocenters. The van der Waals surface area contributed by atoms with Crippen LogP contribution in [-0.2, 0) is 6.42 Å². The molecule has 1 aliphatic heterocycles. The number of phenols is 1. The van der Waals surface area contributed by atoms with Gasteiger partial charge in [0.05, 0.1) is 5.56 Å². The molecule has 0 spiro atoms. The molecule has 2 atom stereocenters. The van der Waals surface area contributed by atoms with Crippen LogP contribution >= 0.6 is 0 Å². The molecule has 1 aromatic carbocycles. The Morgan fingerprint density at radius 2 is 2.00 bits per heavy atom. The highest BCUT2D eigenvalue weighted by Crippen LogP contribution is 2.55. The lowest BCUT2D eigenvalue weighted by molar-refractivity contribution is -0.0516. The molecular formula is C22H32O4. The van der Waals surface area contributed by atoms with Crippen LogP contribution < -0.4 is 4.74 Å². The summed E-state index contributed by atoms with van der Waals surface area (Å²) in [5.74, 6) is 1.000. The maximum atomic E-state index is 10.8. The summed E-state index contributed by atoms with van der Waals surface area (Å²) in [7, 11) is 0. The molecule has 3 rings (SSSR count). The van der Waals surface area contributed by atoms with E-state index in [1.165, 1.54) is 5.57 Å². The average Bonchev–Trinajstić information content (AvgIpc) is 2.53. The molecule has 1 aliphatic carbocycles. The Balaban J connectivity index is 2.16. The monoisotopic (exact) mass is 360 g/mol. The van der Waals surface area contributed by atoms with Gasteiger partial charge < -0.3 is 20.1 Å². The molecule has 0 aromatic heterocycles. The summed E-state index contributed by atoms with van der Waals surface area (Å²) in [5.41, 5.74) is 2.81. The molecule has 1 heterocycles. The van der Waals surface area contributed by atoms with Crippen molar-refractivity contribution in [3.8, 4) is 11.5 Å². The summed E-state index contributed by atoms with van der Waals surface area (Å²) in [5, 5.41) is 31.0. The first-order chi connectivity index (χ1) is 12.3. The van der Waals surface area contributed by atoms with Crippen molar-refractivity contribution in [3.63, 3.8) is 0 Å². The van der Waals surface area contributed by atoms with Gasteiger partial charge in [0, 0.05) is 17.4 Å². The van der Waals surface area contributed by atoms with Crippen LogP contribution in [0.25, 0.3) is 0 Å². The van der Waals surface area contributed by atoms with E-state index in [1.54, 1.807) is 6.07 Å². The number of ether oxygens (including phenoxy) is 1. The van der Waals surface area contributed by atoms with Gasteiger partial charge in [0.1, 0.15) is 17.1 Å². The number of hydrogen-bond acceptors (Lipinski definition) is 4. The molecule has 1 aromatic rings. The summed E-state index contributed by atoms with van der Waals surface area (Å²) in [6.45, 7) is 8.39. The second-order valence-electron chi connectivity index (χ2n) is 8.43. The summed E-state index contributed by atoms with van der Waals surface area (Å²) >= 11 is 0. The summed E-state index contributed by atoms with van der Waals surface area (Å²) in [6, 6.07) is 1.72. The van der Waals surface area contributed by atoms with Crippen LogP contribution in [-0.4, -0.2) is 20.9 Å². The number of rotatable bonds is 5. The van der Waals surface area contributed by atoms with Gasteiger partial charge in [0.25, 0.3) is 0 Å². The van der Waals surface area contributed by atoms with E-state index in [4.69, 9.17) is 4.74 Å². The summed E-state index contributed by atoms with van der Waals surface area (Å²) in [4.78, 5) is 0. The van der Waals surface area contributed by atoms with Crippen LogP contribution in [0.2, 0.25) is 0 Å². The second-order valence-corrected chi connectivity index (χ2v) is 8.43. The lowest BCUT2D eigenvalue weighted by atomic mass is 9.67. The van der Waals surface area contributed by atoms with Crippen LogP contribution in [0.5, 0.6) is 11.5 Å². The van der Waals surface area contributed by atoms with E-state index in [9.17, 15) is 15.3 Å². The zero-order chi connectivity index (χ0) is 19.1. The predicted octanol–water partition coefficient (Wildman–Crippen LogP) is 4.72. The molecule has 0 saturated carbocycles. The van der Waals surface area contributed by atoms with Gasteiger partial charge in [-0.3, -0.25) is 0 Å². The Kier molecular flexibility index (Phi) is 5.36. The predicted molar refractivity (Wildman–Crippen MR) is 102 cm³/mol.